The second-order valence-electron chi connectivity index (χ2n) is 3.64. The van der Waals surface area contributed by atoms with Gasteiger partial charge in [0.15, 0.2) is 0 Å². The first-order chi connectivity index (χ1) is 8.88. The molecular weight excluding hydrogens is 230 g/mol. The zero-order valence-corrected chi connectivity index (χ0v) is 10.2. The minimum atomic E-state index is 0.581. The van der Waals surface area contributed by atoms with Gasteiger partial charge in [-0.05, 0) is 12.5 Å². The molecule has 2 aromatic heterocycles. The van der Waals surface area contributed by atoms with Gasteiger partial charge in [0.2, 0.25) is 5.88 Å². The van der Waals surface area contributed by atoms with Crippen molar-refractivity contribution in [3.05, 3.63) is 36.7 Å². The zero-order chi connectivity index (χ0) is 12.6. The number of anilines is 1. The fourth-order valence-electron chi connectivity index (χ4n) is 1.33. The van der Waals surface area contributed by atoms with E-state index in [2.05, 4.69) is 32.2 Å². The Morgan fingerprint density at radius 1 is 1.22 bits per heavy atom. The second-order valence-corrected chi connectivity index (χ2v) is 3.64. The van der Waals surface area contributed by atoms with Crippen molar-refractivity contribution < 1.29 is 4.74 Å². The first kappa shape index (κ1) is 12.2. The molecule has 2 rings (SSSR count). The van der Waals surface area contributed by atoms with E-state index in [-0.39, 0.29) is 0 Å². The number of rotatable bonds is 6. The normalized spacial score (nSPS) is 10.1. The van der Waals surface area contributed by atoms with Gasteiger partial charge in [-0.3, -0.25) is 0 Å². The number of ether oxygens (including phenoxy) is 1. The summed E-state index contributed by atoms with van der Waals surface area (Å²) in [4.78, 5) is 16.1. The van der Waals surface area contributed by atoms with Crippen LogP contribution in [0.4, 0.5) is 5.82 Å². The Bertz CT molecular complexity index is 477. The van der Waals surface area contributed by atoms with Crippen LogP contribution in [0.15, 0.2) is 31.0 Å². The molecule has 0 aliphatic carbocycles. The van der Waals surface area contributed by atoms with Gasteiger partial charge in [0.1, 0.15) is 18.5 Å². The van der Waals surface area contributed by atoms with Gasteiger partial charge in [-0.25, -0.2) is 19.9 Å². The van der Waals surface area contributed by atoms with Crippen LogP contribution in [0.2, 0.25) is 0 Å². The summed E-state index contributed by atoms with van der Waals surface area (Å²) < 4.78 is 5.43. The average Bonchev–Trinajstić information content (AvgIpc) is 2.44. The Morgan fingerprint density at radius 2 is 2.17 bits per heavy atom. The molecule has 0 fully saturated rings. The van der Waals surface area contributed by atoms with Gasteiger partial charge in [-0.15, -0.1) is 0 Å². The zero-order valence-electron chi connectivity index (χ0n) is 10.2. The molecule has 0 spiro atoms. The lowest BCUT2D eigenvalue weighted by atomic mass is 10.4. The molecular formula is C12H15N5O. The molecule has 0 aromatic carbocycles. The van der Waals surface area contributed by atoms with E-state index in [9.17, 15) is 0 Å². The maximum atomic E-state index is 5.43. The van der Waals surface area contributed by atoms with Crippen LogP contribution in [0.3, 0.4) is 0 Å². The van der Waals surface area contributed by atoms with E-state index in [4.69, 9.17) is 4.74 Å². The van der Waals surface area contributed by atoms with Gasteiger partial charge < -0.3 is 10.1 Å². The Kier molecular flexibility index (Phi) is 4.40. The van der Waals surface area contributed by atoms with Crippen LogP contribution in [0, 0.1) is 0 Å². The summed E-state index contributed by atoms with van der Waals surface area (Å²) in [5.41, 5.74) is 0.902. The largest absolute Gasteiger partial charge is 0.478 e. The molecule has 0 amide bonds. The van der Waals surface area contributed by atoms with Gasteiger partial charge in [0.25, 0.3) is 0 Å². The molecule has 0 saturated heterocycles. The van der Waals surface area contributed by atoms with E-state index in [1.807, 2.05) is 6.07 Å². The first-order valence-corrected chi connectivity index (χ1v) is 5.82. The van der Waals surface area contributed by atoms with Crippen molar-refractivity contribution >= 4 is 5.82 Å². The third-order valence-electron chi connectivity index (χ3n) is 2.19. The maximum absolute atomic E-state index is 5.43. The Balaban J connectivity index is 1.93. The summed E-state index contributed by atoms with van der Waals surface area (Å²) in [6.45, 7) is 3.30. The van der Waals surface area contributed by atoms with Crippen LogP contribution in [0.25, 0.3) is 0 Å². The van der Waals surface area contributed by atoms with Gasteiger partial charge in [-0.1, -0.05) is 6.92 Å². The van der Waals surface area contributed by atoms with Gasteiger partial charge in [0.05, 0.1) is 18.8 Å². The number of nitrogens with zero attached hydrogens (tertiary/aromatic N) is 4. The monoisotopic (exact) mass is 245 g/mol. The van der Waals surface area contributed by atoms with Crippen LogP contribution < -0.4 is 10.1 Å². The number of hydrogen-bond acceptors (Lipinski definition) is 6. The summed E-state index contributed by atoms with van der Waals surface area (Å²) in [5, 5.41) is 3.16. The van der Waals surface area contributed by atoms with E-state index in [0.717, 1.165) is 17.9 Å². The lowest BCUT2D eigenvalue weighted by molar-refractivity contribution is 0.305. The van der Waals surface area contributed by atoms with E-state index in [1.54, 1.807) is 12.3 Å². The Morgan fingerprint density at radius 3 is 2.94 bits per heavy atom. The highest BCUT2D eigenvalue weighted by molar-refractivity contribution is 5.37. The maximum Gasteiger partial charge on any atom is 0.218 e. The summed E-state index contributed by atoms with van der Waals surface area (Å²) in [5.74, 6) is 1.30. The molecule has 0 atom stereocenters. The predicted octanol–water partition coefficient (Wildman–Crippen LogP) is 1.67. The topological polar surface area (TPSA) is 72.8 Å². The van der Waals surface area contributed by atoms with E-state index < -0.39 is 0 Å². The molecule has 0 bridgehead atoms. The molecule has 0 aliphatic heterocycles. The third kappa shape index (κ3) is 3.65. The van der Waals surface area contributed by atoms with Gasteiger partial charge >= 0.3 is 0 Å². The third-order valence-corrected chi connectivity index (χ3v) is 2.19. The molecule has 0 aliphatic rings. The van der Waals surface area contributed by atoms with E-state index in [0.29, 0.717) is 19.0 Å². The summed E-state index contributed by atoms with van der Waals surface area (Å²) in [7, 11) is 0. The van der Waals surface area contributed by atoms with Crippen molar-refractivity contribution in [1.29, 1.82) is 0 Å². The highest BCUT2D eigenvalue weighted by Crippen LogP contribution is 2.11. The van der Waals surface area contributed by atoms with E-state index in [1.165, 1.54) is 12.7 Å². The van der Waals surface area contributed by atoms with Crippen LogP contribution >= 0.6 is 0 Å². The Labute approximate surface area is 105 Å². The molecule has 1 N–H and O–H groups in total. The van der Waals surface area contributed by atoms with Gasteiger partial charge in [-0.2, -0.15) is 0 Å². The lowest BCUT2D eigenvalue weighted by Crippen LogP contribution is -2.04. The average molecular weight is 245 g/mol. The quantitative estimate of drug-likeness (QED) is 0.834. The van der Waals surface area contributed by atoms with Crippen molar-refractivity contribution in [1.82, 2.24) is 19.9 Å². The second kappa shape index (κ2) is 6.48. The molecule has 0 radical (unpaired) electrons. The molecule has 0 unspecified atom stereocenters. The minimum absolute atomic E-state index is 0.581. The summed E-state index contributed by atoms with van der Waals surface area (Å²) >= 11 is 0. The number of hydrogen-bond donors (Lipinski definition) is 1. The van der Waals surface area contributed by atoms with Gasteiger partial charge in [0, 0.05) is 12.3 Å². The highest BCUT2D eigenvalue weighted by Gasteiger charge is 2.00. The van der Waals surface area contributed by atoms with Crippen LogP contribution in [-0.2, 0) is 6.54 Å². The van der Waals surface area contributed by atoms with Crippen molar-refractivity contribution in [3.63, 3.8) is 0 Å². The predicted molar refractivity (Wildman–Crippen MR) is 67.2 cm³/mol. The highest BCUT2D eigenvalue weighted by atomic mass is 16.5. The number of aromatic nitrogens is 4. The summed E-state index contributed by atoms with van der Waals surface area (Å²) in [6.07, 6.45) is 5.66. The molecule has 0 saturated carbocycles. The Hall–Kier alpha value is -2.24. The molecule has 94 valence electrons. The van der Waals surface area contributed by atoms with Crippen LogP contribution in [0.1, 0.15) is 19.0 Å². The lowest BCUT2D eigenvalue weighted by Gasteiger charge is -2.07. The van der Waals surface area contributed by atoms with Crippen molar-refractivity contribution in [2.24, 2.45) is 0 Å². The van der Waals surface area contributed by atoms with E-state index >= 15 is 0 Å². The SMILES string of the molecule is CCCOc1cc(NCc2ccncn2)ncn1. The van der Waals surface area contributed by atoms with Crippen molar-refractivity contribution in [2.75, 3.05) is 11.9 Å². The first-order valence-electron chi connectivity index (χ1n) is 5.82. The minimum Gasteiger partial charge on any atom is -0.478 e. The number of nitrogens with one attached hydrogen (secondary N) is 1. The molecule has 6 nitrogen and oxygen atoms in total. The summed E-state index contributed by atoms with van der Waals surface area (Å²) in [6, 6.07) is 3.62. The standard InChI is InChI=1S/C12H15N5O/c1-2-5-18-12-6-11(16-9-17-12)14-7-10-3-4-13-8-15-10/h3-4,6,8-9H,2,5,7H2,1H3,(H,14,16,17). The van der Waals surface area contributed by atoms with Crippen molar-refractivity contribution in [2.45, 2.75) is 19.9 Å². The smallest absolute Gasteiger partial charge is 0.218 e. The van der Waals surface area contributed by atoms with Crippen molar-refractivity contribution in [3.8, 4) is 5.88 Å². The molecule has 6 heteroatoms. The van der Waals surface area contributed by atoms with Crippen LogP contribution in [-0.4, -0.2) is 26.5 Å². The fourth-order valence-corrected chi connectivity index (χ4v) is 1.33. The molecule has 2 aromatic rings. The fraction of sp³-hybridized carbons (Fsp3) is 0.333. The molecule has 18 heavy (non-hydrogen) atoms. The van der Waals surface area contributed by atoms with Crippen LogP contribution in [0.5, 0.6) is 5.88 Å². The molecule has 2 heterocycles.